The van der Waals surface area contributed by atoms with Crippen LogP contribution < -0.4 is 26.6 Å². The lowest BCUT2D eigenvalue weighted by atomic mass is 10.0. The van der Waals surface area contributed by atoms with E-state index >= 15 is 0 Å². The zero-order valence-corrected chi connectivity index (χ0v) is 23.0. The quantitative estimate of drug-likeness (QED) is 0.106. The molecule has 0 radical (unpaired) electrons. The summed E-state index contributed by atoms with van der Waals surface area (Å²) >= 11 is 6.67. The van der Waals surface area contributed by atoms with Gasteiger partial charge < -0.3 is 16.1 Å². The van der Waals surface area contributed by atoms with Crippen molar-refractivity contribution < 1.29 is 8.78 Å². The number of aliphatic imine (C=N–C) groups is 1. The molecule has 9 nitrogen and oxygen atoms in total. The fourth-order valence-electron chi connectivity index (χ4n) is 4.28. The number of allylic oxidation sites excluding steroid dienone is 1. The second kappa shape index (κ2) is 12.5. The lowest BCUT2D eigenvalue weighted by Crippen LogP contribution is -2.39. The predicted octanol–water partition coefficient (Wildman–Crippen LogP) is 6.14. The Morgan fingerprint density at radius 2 is 1.98 bits per heavy atom. The Kier molecular flexibility index (Phi) is 8.38. The third kappa shape index (κ3) is 6.05. The van der Waals surface area contributed by atoms with Gasteiger partial charge in [-0.1, -0.05) is 42.5 Å². The van der Waals surface area contributed by atoms with Gasteiger partial charge in [0.25, 0.3) is 0 Å². The average molecular weight is 584 g/mol. The number of benzene rings is 2. The van der Waals surface area contributed by atoms with Crippen molar-refractivity contribution in [1.82, 2.24) is 20.9 Å². The van der Waals surface area contributed by atoms with Crippen LogP contribution in [0, 0.1) is 23.1 Å². The summed E-state index contributed by atoms with van der Waals surface area (Å²) in [4.78, 5) is 11.8. The van der Waals surface area contributed by atoms with Crippen LogP contribution >= 0.6 is 11.6 Å². The highest BCUT2D eigenvalue weighted by molar-refractivity contribution is 6.36. The maximum Gasteiger partial charge on any atom is 0.249 e. The van der Waals surface area contributed by atoms with E-state index < -0.39 is 17.8 Å². The SMILES string of the molecule is C=C(/C=C\C=NC)[C@H](Nc1cc(Cl)c2ncc(C#N)c(Nc3cnc(F)c(F)c3)c2c1)C1=CN(c2ccccc2)NN1. The first-order chi connectivity index (χ1) is 20.4. The molecular formula is C30H24ClF2N9. The van der Waals surface area contributed by atoms with E-state index in [0.717, 1.165) is 23.6 Å². The van der Waals surface area contributed by atoms with E-state index in [0.29, 0.717) is 32.9 Å². The van der Waals surface area contributed by atoms with Crippen molar-refractivity contribution in [2.24, 2.45) is 4.99 Å². The van der Waals surface area contributed by atoms with Gasteiger partial charge in [0.2, 0.25) is 5.95 Å². The van der Waals surface area contributed by atoms with E-state index in [1.807, 2.05) is 47.6 Å². The molecule has 42 heavy (non-hydrogen) atoms. The number of hydrazine groups is 2. The van der Waals surface area contributed by atoms with Crippen LogP contribution in [0.4, 0.5) is 31.5 Å². The summed E-state index contributed by atoms with van der Waals surface area (Å²) in [6, 6.07) is 15.8. The predicted molar refractivity (Wildman–Crippen MR) is 162 cm³/mol. The van der Waals surface area contributed by atoms with Crippen molar-refractivity contribution in [1.29, 1.82) is 5.26 Å². The molecule has 1 atom stereocenters. The van der Waals surface area contributed by atoms with Crippen molar-refractivity contribution in [2.45, 2.75) is 6.04 Å². The third-order valence-electron chi connectivity index (χ3n) is 6.27. The van der Waals surface area contributed by atoms with Crippen LogP contribution in [0.2, 0.25) is 5.02 Å². The average Bonchev–Trinajstić information content (AvgIpc) is 3.49. The molecule has 5 rings (SSSR count). The monoisotopic (exact) mass is 583 g/mol. The van der Waals surface area contributed by atoms with E-state index in [-0.39, 0.29) is 11.3 Å². The molecule has 3 heterocycles. The molecule has 0 aliphatic carbocycles. The van der Waals surface area contributed by atoms with E-state index in [1.165, 1.54) is 6.20 Å². The van der Waals surface area contributed by atoms with E-state index in [4.69, 9.17) is 11.6 Å². The summed E-state index contributed by atoms with van der Waals surface area (Å²) in [5, 5.41) is 18.8. The van der Waals surface area contributed by atoms with E-state index in [1.54, 1.807) is 31.5 Å². The van der Waals surface area contributed by atoms with Gasteiger partial charge in [-0.2, -0.15) is 9.65 Å². The summed E-state index contributed by atoms with van der Waals surface area (Å²) < 4.78 is 27.3. The number of fused-ring (bicyclic) bond motifs is 1. The number of anilines is 4. The maximum atomic E-state index is 13.9. The van der Waals surface area contributed by atoms with Crippen molar-refractivity contribution in [2.75, 3.05) is 22.7 Å². The molecule has 4 N–H and O–H groups in total. The van der Waals surface area contributed by atoms with Crippen LogP contribution in [0.3, 0.4) is 0 Å². The molecule has 0 spiro atoms. The first kappa shape index (κ1) is 28.2. The summed E-state index contributed by atoms with van der Waals surface area (Å²) in [5.74, 6) is -2.36. The number of hydrogen-bond donors (Lipinski definition) is 4. The van der Waals surface area contributed by atoms with Crippen LogP contribution in [0.5, 0.6) is 0 Å². The summed E-state index contributed by atoms with van der Waals surface area (Å²) in [6.45, 7) is 4.25. The molecule has 0 amide bonds. The number of aromatic nitrogens is 2. The molecule has 0 unspecified atom stereocenters. The normalized spacial score (nSPS) is 13.7. The molecule has 12 heteroatoms. The smallest absolute Gasteiger partial charge is 0.249 e. The molecule has 0 fully saturated rings. The molecule has 0 bridgehead atoms. The van der Waals surface area contributed by atoms with Gasteiger partial charge in [-0.15, -0.1) is 5.53 Å². The Bertz CT molecular complexity index is 1780. The first-order valence-corrected chi connectivity index (χ1v) is 13.0. The Balaban J connectivity index is 1.55. The largest absolute Gasteiger partial charge is 0.373 e. The zero-order valence-electron chi connectivity index (χ0n) is 22.2. The number of nitrogens with zero attached hydrogens (tertiary/aromatic N) is 5. The topological polar surface area (TPSA) is 113 Å². The second-order valence-electron chi connectivity index (χ2n) is 9.08. The van der Waals surface area contributed by atoms with E-state index in [2.05, 4.69) is 49.2 Å². The number of halogens is 3. The van der Waals surface area contributed by atoms with Crippen molar-refractivity contribution in [3.63, 3.8) is 0 Å². The summed E-state index contributed by atoms with van der Waals surface area (Å²) in [7, 11) is 1.67. The second-order valence-corrected chi connectivity index (χ2v) is 9.49. The fourth-order valence-corrected chi connectivity index (χ4v) is 4.55. The van der Waals surface area contributed by atoms with Gasteiger partial charge in [-0.3, -0.25) is 15.0 Å². The van der Waals surface area contributed by atoms with Gasteiger partial charge in [-0.25, -0.2) is 9.37 Å². The summed E-state index contributed by atoms with van der Waals surface area (Å²) in [6.07, 6.45) is 9.66. The highest BCUT2D eigenvalue weighted by Crippen LogP contribution is 2.36. The molecule has 0 saturated heterocycles. The number of hydrogen-bond acceptors (Lipinski definition) is 9. The number of rotatable bonds is 9. The van der Waals surface area contributed by atoms with Crippen molar-refractivity contribution >= 4 is 51.5 Å². The van der Waals surface area contributed by atoms with Gasteiger partial charge >= 0.3 is 0 Å². The van der Waals surface area contributed by atoms with Gasteiger partial charge in [0.05, 0.1) is 51.1 Å². The molecule has 4 aromatic rings. The van der Waals surface area contributed by atoms with Gasteiger partial charge in [0.15, 0.2) is 5.82 Å². The van der Waals surface area contributed by atoms with E-state index in [9.17, 15) is 14.0 Å². The molecule has 2 aromatic carbocycles. The minimum absolute atomic E-state index is 0.147. The van der Waals surface area contributed by atoms with Crippen LogP contribution in [-0.4, -0.2) is 29.3 Å². The lowest BCUT2D eigenvalue weighted by molar-refractivity contribution is 0.480. The molecule has 210 valence electrons. The van der Waals surface area contributed by atoms with Crippen molar-refractivity contribution in [3.8, 4) is 6.07 Å². The third-order valence-corrected chi connectivity index (χ3v) is 6.56. The van der Waals surface area contributed by atoms with Gasteiger partial charge in [-0.05, 0) is 35.9 Å². The number of nitrogens with one attached hydrogen (secondary N) is 4. The lowest BCUT2D eigenvalue weighted by Gasteiger charge is -2.22. The van der Waals surface area contributed by atoms with Gasteiger partial charge in [0, 0.05) is 42.8 Å². The fraction of sp³-hybridized carbons (Fsp3) is 0.0667. The minimum Gasteiger partial charge on any atom is -0.373 e. The van der Waals surface area contributed by atoms with Crippen LogP contribution in [0.1, 0.15) is 5.56 Å². The maximum absolute atomic E-state index is 13.9. The standard InChI is InChI=1S/C30H24ClF2N9/c1-18(7-6-10-35-2)27(26-17-42(41-40-26)22-8-4-3-5-9-22)38-20-11-23-28(39-21-13-25(32)30(33)37-16-21)19(14-34)15-36-29(23)24(31)12-20/h3-13,15-17,27,38,40-41H,1H2,2H3,(H,36,39)/b7-6-,35-10?/t27-/m0/s1. The number of para-hydroxylation sites is 1. The number of pyridine rings is 2. The first-order valence-electron chi connectivity index (χ1n) is 12.6. The van der Waals surface area contributed by atoms with Crippen LogP contribution in [-0.2, 0) is 0 Å². The Morgan fingerprint density at radius 1 is 1.17 bits per heavy atom. The molecular weight excluding hydrogens is 560 g/mol. The van der Waals surface area contributed by atoms with Gasteiger partial charge in [0.1, 0.15) is 6.07 Å². The summed E-state index contributed by atoms with van der Waals surface area (Å²) in [5.41, 5.74) is 10.3. The Morgan fingerprint density at radius 3 is 2.71 bits per heavy atom. The highest BCUT2D eigenvalue weighted by Gasteiger charge is 2.24. The van der Waals surface area contributed by atoms with Crippen molar-refractivity contribution in [3.05, 3.63) is 119 Å². The number of nitriles is 1. The molecule has 0 saturated carbocycles. The molecule has 1 aliphatic heterocycles. The highest BCUT2D eigenvalue weighted by atomic mass is 35.5. The Labute approximate surface area is 245 Å². The molecule has 2 aromatic heterocycles. The zero-order chi connectivity index (χ0) is 29.6. The van der Waals surface area contributed by atoms with Crippen LogP contribution in [0.15, 0.2) is 102 Å². The van der Waals surface area contributed by atoms with Crippen LogP contribution in [0.25, 0.3) is 10.9 Å². The Hall–Kier alpha value is -5.31. The minimum atomic E-state index is -1.23. The molecule has 1 aliphatic rings.